The summed E-state index contributed by atoms with van der Waals surface area (Å²) in [6.45, 7) is 0. The van der Waals surface area contributed by atoms with Crippen LogP contribution in [0.15, 0.2) is 35.1 Å². The predicted octanol–water partition coefficient (Wildman–Crippen LogP) is 2.32. The highest BCUT2D eigenvalue weighted by atomic mass is 79.9. The molecule has 2 saturated heterocycles. The number of nitrogens with one attached hydrogen (secondary N) is 2. The smallest absolute Gasteiger partial charge is 0.253 e. The summed E-state index contributed by atoms with van der Waals surface area (Å²) in [6, 6.07) is 9.21. The van der Waals surface area contributed by atoms with Crippen LogP contribution in [0.4, 0.5) is 0 Å². The third-order valence-electron chi connectivity index (χ3n) is 4.48. The molecule has 4 heterocycles. The molecule has 0 spiro atoms. The van der Waals surface area contributed by atoms with Crippen LogP contribution in [0.1, 0.15) is 29.6 Å². The van der Waals surface area contributed by atoms with E-state index in [9.17, 15) is 4.79 Å². The minimum atomic E-state index is 0.0202. The SMILES string of the molecule is O=C(NC1CC2CCC1N2)c1ccc2ccc(Br)n2c1. The summed E-state index contributed by atoms with van der Waals surface area (Å²) >= 11 is 3.49. The van der Waals surface area contributed by atoms with Crippen molar-refractivity contribution in [1.29, 1.82) is 0 Å². The Kier molecular flexibility index (Phi) is 2.86. The summed E-state index contributed by atoms with van der Waals surface area (Å²) in [5, 5.41) is 6.71. The molecule has 104 valence electrons. The fraction of sp³-hybridized carbons (Fsp3) is 0.400. The molecule has 0 radical (unpaired) electrons. The molecule has 2 aliphatic heterocycles. The van der Waals surface area contributed by atoms with Crippen LogP contribution in [0.3, 0.4) is 0 Å². The fourth-order valence-corrected chi connectivity index (χ4v) is 3.88. The molecule has 5 heteroatoms. The molecule has 4 nitrogen and oxygen atoms in total. The molecular weight excluding hydrogens is 318 g/mol. The summed E-state index contributed by atoms with van der Waals surface area (Å²) in [7, 11) is 0. The second kappa shape index (κ2) is 4.60. The first-order valence-corrected chi connectivity index (χ1v) is 7.83. The van der Waals surface area contributed by atoms with E-state index in [1.165, 1.54) is 12.8 Å². The number of rotatable bonds is 2. The third-order valence-corrected chi connectivity index (χ3v) is 5.13. The Hall–Kier alpha value is -1.33. The lowest BCUT2D eigenvalue weighted by Gasteiger charge is -2.21. The Bertz CT molecular complexity index is 681. The maximum Gasteiger partial charge on any atom is 0.253 e. The van der Waals surface area contributed by atoms with Gasteiger partial charge in [-0.1, -0.05) is 0 Å². The molecule has 2 fully saturated rings. The second-order valence-electron chi connectivity index (χ2n) is 5.73. The predicted molar refractivity (Wildman–Crippen MR) is 80.9 cm³/mol. The maximum atomic E-state index is 12.4. The van der Waals surface area contributed by atoms with Gasteiger partial charge in [0.2, 0.25) is 0 Å². The zero-order valence-electron chi connectivity index (χ0n) is 11.0. The van der Waals surface area contributed by atoms with Gasteiger partial charge in [-0.15, -0.1) is 0 Å². The van der Waals surface area contributed by atoms with Crippen LogP contribution in [-0.2, 0) is 0 Å². The topological polar surface area (TPSA) is 45.5 Å². The number of aromatic nitrogens is 1. The quantitative estimate of drug-likeness (QED) is 0.885. The Morgan fingerprint density at radius 2 is 2.15 bits per heavy atom. The summed E-state index contributed by atoms with van der Waals surface area (Å²) in [5.41, 5.74) is 1.78. The summed E-state index contributed by atoms with van der Waals surface area (Å²) in [5.74, 6) is 0.0202. The van der Waals surface area contributed by atoms with Crippen molar-refractivity contribution < 1.29 is 4.79 Å². The average Bonchev–Trinajstić information content (AvgIpc) is 3.15. The Morgan fingerprint density at radius 1 is 1.30 bits per heavy atom. The van der Waals surface area contributed by atoms with Crippen LogP contribution in [-0.4, -0.2) is 28.4 Å². The maximum absolute atomic E-state index is 12.4. The summed E-state index contributed by atoms with van der Waals surface area (Å²) in [4.78, 5) is 12.4. The van der Waals surface area contributed by atoms with E-state index in [4.69, 9.17) is 0 Å². The van der Waals surface area contributed by atoms with Crippen molar-refractivity contribution in [3.05, 3.63) is 40.6 Å². The number of carbonyl (C=O) groups excluding carboxylic acids is 1. The molecular formula is C15H16BrN3O. The number of pyridine rings is 1. The largest absolute Gasteiger partial charge is 0.348 e. The van der Waals surface area contributed by atoms with Gasteiger partial charge in [0.05, 0.1) is 10.2 Å². The number of hydrogen-bond acceptors (Lipinski definition) is 2. The minimum Gasteiger partial charge on any atom is -0.348 e. The van der Waals surface area contributed by atoms with Crippen molar-refractivity contribution in [2.45, 2.75) is 37.4 Å². The van der Waals surface area contributed by atoms with Crippen LogP contribution >= 0.6 is 15.9 Å². The lowest BCUT2D eigenvalue weighted by Crippen LogP contribution is -2.42. The van der Waals surface area contributed by atoms with E-state index in [1.54, 1.807) is 0 Å². The highest BCUT2D eigenvalue weighted by Crippen LogP contribution is 2.28. The van der Waals surface area contributed by atoms with Gasteiger partial charge >= 0.3 is 0 Å². The van der Waals surface area contributed by atoms with Crippen LogP contribution in [0.2, 0.25) is 0 Å². The molecule has 2 aromatic rings. The number of fused-ring (bicyclic) bond motifs is 3. The number of hydrogen-bond donors (Lipinski definition) is 2. The van der Waals surface area contributed by atoms with Gasteiger partial charge in [-0.3, -0.25) is 4.79 Å². The van der Waals surface area contributed by atoms with Crippen molar-refractivity contribution in [2.75, 3.05) is 0 Å². The van der Waals surface area contributed by atoms with Crippen LogP contribution in [0.5, 0.6) is 0 Å². The molecule has 1 amide bonds. The first kappa shape index (κ1) is 12.4. The van der Waals surface area contributed by atoms with E-state index in [2.05, 4.69) is 26.6 Å². The first-order chi connectivity index (χ1) is 9.70. The van der Waals surface area contributed by atoms with E-state index in [-0.39, 0.29) is 11.9 Å². The Balaban J connectivity index is 1.56. The van der Waals surface area contributed by atoms with E-state index in [1.807, 2.05) is 34.9 Å². The van der Waals surface area contributed by atoms with E-state index in [0.29, 0.717) is 17.6 Å². The van der Waals surface area contributed by atoms with Crippen LogP contribution in [0.25, 0.3) is 5.52 Å². The number of nitrogens with zero attached hydrogens (tertiary/aromatic N) is 1. The van der Waals surface area contributed by atoms with E-state index in [0.717, 1.165) is 16.5 Å². The molecule has 3 unspecified atom stereocenters. The number of amides is 1. The Morgan fingerprint density at radius 3 is 2.90 bits per heavy atom. The molecule has 2 bridgehead atoms. The fourth-order valence-electron chi connectivity index (χ4n) is 3.44. The van der Waals surface area contributed by atoms with Crippen molar-refractivity contribution in [2.24, 2.45) is 0 Å². The van der Waals surface area contributed by atoms with E-state index < -0.39 is 0 Å². The van der Waals surface area contributed by atoms with Gasteiger partial charge in [-0.05, 0) is 59.5 Å². The normalized spacial score (nSPS) is 28.1. The molecule has 4 rings (SSSR count). The highest BCUT2D eigenvalue weighted by molar-refractivity contribution is 9.10. The average molecular weight is 334 g/mol. The zero-order valence-corrected chi connectivity index (χ0v) is 12.6. The van der Waals surface area contributed by atoms with Crippen molar-refractivity contribution >= 4 is 27.4 Å². The van der Waals surface area contributed by atoms with Gasteiger partial charge < -0.3 is 15.0 Å². The second-order valence-corrected chi connectivity index (χ2v) is 6.54. The molecule has 2 N–H and O–H groups in total. The van der Waals surface area contributed by atoms with Gasteiger partial charge in [0.15, 0.2) is 0 Å². The summed E-state index contributed by atoms with van der Waals surface area (Å²) < 4.78 is 2.94. The molecule has 0 saturated carbocycles. The highest BCUT2D eigenvalue weighted by Gasteiger charge is 2.39. The van der Waals surface area contributed by atoms with Crippen LogP contribution in [0, 0.1) is 0 Å². The lowest BCUT2D eigenvalue weighted by molar-refractivity contribution is 0.0930. The Labute approximate surface area is 125 Å². The number of halogens is 1. The van der Waals surface area contributed by atoms with Gasteiger partial charge in [-0.25, -0.2) is 0 Å². The standard InChI is InChI=1S/C15H16BrN3O/c16-14-6-4-11-3-1-9(8-19(11)14)15(20)18-13-7-10-2-5-12(13)17-10/h1,3-4,6,8,10,12-13,17H,2,5,7H2,(H,18,20). The molecule has 2 aliphatic rings. The van der Waals surface area contributed by atoms with Crippen LogP contribution < -0.4 is 10.6 Å². The van der Waals surface area contributed by atoms with Gasteiger partial charge in [0.1, 0.15) is 0 Å². The minimum absolute atomic E-state index is 0.0202. The van der Waals surface area contributed by atoms with Crippen molar-refractivity contribution in [1.82, 2.24) is 15.0 Å². The molecule has 3 atom stereocenters. The monoisotopic (exact) mass is 333 g/mol. The van der Waals surface area contributed by atoms with Crippen molar-refractivity contribution in [3.63, 3.8) is 0 Å². The van der Waals surface area contributed by atoms with Gasteiger partial charge in [0, 0.05) is 29.8 Å². The van der Waals surface area contributed by atoms with E-state index >= 15 is 0 Å². The summed E-state index contributed by atoms with van der Waals surface area (Å²) in [6.07, 6.45) is 5.37. The van der Waals surface area contributed by atoms with Gasteiger partial charge in [0.25, 0.3) is 5.91 Å². The molecule has 2 aromatic heterocycles. The lowest BCUT2D eigenvalue weighted by atomic mass is 9.95. The zero-order chi connectivity index (χ0) is 13.7. The third kappa shape index (κ3) is 1.96. The molecule has 0 aliphatic carbocycles. The first-order valence-electron chi connectivity index (χ1n) is 7.04. The molecule has 0 aromatic carbocycles. The van der Waals surface area contributed by atoms with Gasteiger partial charge in [-0.2, -0.15) is 0 Å². The van der Waals surface area contributed by atoms with Crippen molar-refractivity contribution in [3.8, 4) is 0 Å². The number of carbonyl (C=O) groups is 1. The molecule has 20 heavy (non-hydrogen) atoms.